The van der Waals surface area contributed by atoms with Crippen molar-refractivity contribution in [2.45, 2.75) is 285 Å². The Morgan fingerprint density at radius 1 is 0.451 bits per heavy atom. The fourth-order valence-electron chi connectivity index (χ4n) is 18.7. The zero-order chi connectivity index (χ0) is 103. The van der Waals surface area contributed by atoms with E-state index in [1.165, 1.54) is 74.9 Å². The molecule has 144 heavy (non-hydrogen) atoms. The van der Waals surface area contributed by atoms with Crippen LogP contribution in [0.15, 0.2) is 91.9 Å². The van der Waals surface area contributed by atoms with Gasteiger partial charge < -0.3 is 99.9 Å². The number of hydrogen-bond donors (Lipinski definition) is 10. The summed E-state index contributed by atoms with van der Waals surface area (Å²) in [4.78, 5) is 86.2. The molecule has 11 N–H and O–H groups in total. The molecule has 0 radical (unpaired) electrons. The first-order chi connectivity index (χ1) is 68.2. The number of fused-ring (bicyclic) bond motifs is 3. The Morgan fingerprint density at radius 3 is 1.35 bits per heavy atom. The lowest BCUT2D eigenvalue weighted by Gasteiger charge is -2.44. The van der Waals surface area contributed by atoms with Crippen molar-refractivity contribution in [2.75, 3.05) is 98.2 Å². The number of nitrogens with zero attached hydrogens (tertiary/aromatic N) is 17. The van der Waals surface area contributed by atoms with Gasteiger partial charge in [0.25, 0.3) is 0 Å². The van der Waals surface area contributed by atoms with Crippen LogP contribution in [0.1, 0.15) is 232 Å². The van der Waals surface area contributed by atoms with Crippen molar-refractivity contribution < 1.29 is 82.9 Å². The number of ether oxygens (including phenoxy) is 9. The fraction of sp³-hybridized carbons (Fsp3) is 0.567. The molecule has 19 rings (SSSR count). The third kappa shape index (κ3) is 31.0. The summed E-state index contributed by atoms with van der Waals surface area (Å²) in [7, 11) is 5.33. The lowest BCUT2D eigenvalue weighted by atomic mass is 9.95. The highest BCUT2D eigenvalue weighted by Gasteiger charge is 2.52. The molecule has 7 aliphatic carbocycles. The minimum atomic E-state index is -0.864. The second kappa shape index (κ2) is 51.8. The normalized spacial score (nSPS) is 18.0. The number of nitrogens with one attached hydrogen (secondary N) is 3. The predicted octanol–water partition coefficient (Wildman–Crippen LogP) is 20.0. The number of carbonyl (C=O) groups excluding carboxylic acids is 2. The summed E-state index contributed by atoms with van der Waals surface area (Å²) in [5.74, 6) is 6.81. The number of carbonyl (C=O) groups is 2. The molecule has 7 saturated carbocycles. The first-order valence-electron chi connectivity index (χ1n) is 47.7. The van der Waals surface area contributed by atoms with E-state index in [0.717, 1.165) is 168 Å². The van der Waals surface area contributed by atoms with E-state index in [0.29, 0.717) is 73.9 Å². The van der Waals surface area contributed by atoms with Gasteiger partial charge in [0.2, 0.25) is 37.0 Å². The van der Waals surface area contributed by atoms with Crippen LogP contribution in [0, 0.1) is 0 Å². The van der Waals surface area contributed by atoms with E-state index >= 15 is 0 Å². The summed E-state index contributed by atoms with van der Waals surface area (Å²) in [5, 5.41) is 68.5. The molecule has 7 fully saturated rings. The monoisotopic (exact) mass is 2170 g/mol. The summed E-state index contributed by atoms with van der Waals surface area (Å²) in [6, 6.07) is 15.2. The van der Waals surface area contributed by atoms with Crippen molar-refractivity contribution in [1.82, 2.24) is 69.8 Å². The Labute approximate surface area is 884 Å². The van der Waals surface area contributed by atoms with Crippen molar-refractivity contribution in [3.63, 3.8) is 0 Å². The van der Waals surface area contributed by atoms with Crippen molar-refractivity contribution in [1.29, 1.82) is 0 Å². The van der Waals surface area contributed by atoms with Crippen LogP contribution in [0.4, 0.5) is 44.5 Å². The number of aliphatic hydroxyl groups is 4. The van der Waals surface area contributed by atoms with E-state index in [2.05, 4.69) is 97.7 Å². The van der Waals surface area contributed by atoms with Gasteiger partial charge in [-0.3, -0.25) is 0 Å². The SMILES string of the molecule is CC(C)(C)OC(=O)N(c1nc(Cl)ncc1O)C1(CO)CCCC1.CC(C)(C)OC(=O)N1c2nc(Cl)ncc2OCC12CCCC2.CN1c2nc(Cl)ncc2OCC12CCCC2.COc1ccc(COc2cnc(Cl)nc2Cl)cc1.COc1ccc(COc2cnc(Cl)nc2NC2(CO)CCCC2)cc1.Cl.Clc1ncc2c(n1)NC1(CCCC1)CO2.NC1(CO)CCCC1.OCC1(Nc2nc(Cl)ncc2O)CCCC1. The summed E-state index contributed by atoms with van der Waals surface area (Å²) < 4.78 is 49.9. The van der Waals surface area contributed by atoms with Gasteiger partial charge in [-0.15, -0.1) is 12.4 Å². The molecule has 9 aromatic rings. The first-order valence-corrected chi connectivity index (χ1v) is 50.7. The first kappa shape index (κ1) is 115. The van der Waals surface area contributed by atoms with Crippen molar-refractivity contribution >= 4 is 152 Å². The number of benzene rings is 2. The topological polar surface area (TPSA) is 491 Å². The Kier molecular flexibility index (Phi) is 41.2. The Bertz CT molecular complexity index is 5660. The zero-order valence-electron chi connectivity index (χ0n) is 82.1. The van der Waals surface area contributed by atoms with Crippen LogP contribution in [-0.4, -0.2) is 230 Å². The number of nitrogens with two attached hydrogens (primary N) is 1. The molecular formula is C97H128Cl9N21O17. The molecule has 0 saturated heterocycles. The molecule has 10 aliphatic rings. The van der Waals surface area contributed by atoms with E-state index < -0.39 is 34.5 Å². The molecule has 3 spiro atoms. The average Bonchev–Trinajstić information content (AvgIpc) is 1.33. The van der Waals surface area contributed by atoms with Crippen molar-refractivity contribution in [2.24, 2.45) is 5.73 Å². The van der Waals surface area contributed by atoms with Crippen LogP contribution < -0.4 is 69.5 Å². The van der Waals surface area contributed by atoms with Gasteiger partial charge in [0.1, 0.15) is 55.7 Å². The largest absolute Gasteiger partial charge is 0.503 e. The average molecular weight is 2180 g/mol. The van der Waals surface area contributed by atoms with Crippen LogP contribution in [-0.2, 0) is 22.7 Å². The number of hydrogen-bond acceptors (Lipinski definition) is 36. The van der Waals surface area contributed by atoms with Gasteiger partial charge in [0, 0.05) is 12.6 Å². The molecule has 38 nitrogen and oxygen atoms in total. The van der Waals surface area contributed by atoms with Gasteiger partial charge in [-0.25, -0.2) is 59.3 Å². The molecule has 7 aromatic heterocycles. The third-order valence-corrected chi connectivity index (χ3v) is 28.0. The Hall–Kier alpha value is -9.65. The maximum Gasteiger partial charge on any atom is 0.416 e. The Balaban J connectivity index is 0.000000159. The summed E-state index contributed by atoms with van der Waals surface area (Å²) in [5.41, 5.74) is 4.40. The number of likely N-dealkylation sites (N-methyl/N-ethyl adjacent to an activating group) is 1. The van der Waals surface area contributed by atoms with Crippen LogP contribution in [0.5, 0.6) is 51.7 Å². The van der Waals surface area contributed by atoms with Gasteiger partial charge in [0.05, 0.1) is 117 Å². The quantitative estimate of drug-likeness (QED) is 0.0282. The van der Waals surface area contributed by atoms with Crippen molar-refractivity contribution in [3.8, 4) is 51.7 Å². The smallest absolute Gasteiger partial charge is 0.416 e. The predicted molar refractivity (Wildman–Crippen MR) is 554 cm³/mol. The van der Waals surface area contributed by atoms with Gasteiger partial charge in [-0.05, 0) is 248 Å². The highest BCUT2D eigenvalue weighted by molar-refractivity contribution is 6.33. The lowest BCUT2D eigenvalue weighted by Crippen LogP contribution is -2.58. The van der Waals surface area contributed by atoms with Crippen molar-refractivity contribution in [3.05, 3.63) is 145 Å². The second-order valence-electron chi connectivity index (χ2n) is 39.0. The van der Waals surface area contributed by atoms with E-state index in [-0.39, 0.29) is 132 Å². The van der Waals surface area contributed by atoms with E-state index in [9.17, 15) is 35.1 Å². The molecule has 0 bridgehead atoms. The van der Waals surface area contributed by atoms with Gasteiger partial charge in [-0.1, -0.05) is 126 Å². The number of aromatic nitrogens is 14. The molecule has 2 amide bonds. The number of anilines is 6. The Morgan fingerprint density at radius 2 is 0.854 bits per heavy atom. The minimum absolute atomic E-state index is 0. The number of aromatic hydroxyl groups is 2. The lowest BCUT2D eigenvalue weighted by molar-refractivity contribution is 0.0479. The summed E-state index contributed by atoms with van der Waals surface area (Å²) in [6.07, 6.45) is 37.7. The van der Waals surface area contributed by atoms with Crippen LogP contribution >= 0.6 is 105 Å². The number of aliphatic hydroxyl groups excluding tert-OH is 4. The van der Waals surface area contributed by atoms with Crippen LogP contribution in [0.3, 0.4) is 0 Å². The number of halogens is 9. The van der Waals surface area contributed by atoms with Gasteiger partial charge >= 0.3 is 12.2 Å². The van der Waals surface area contributed by atoms with Gasteiger partial charge in [0.15, 0.2) is 80.3 Å². The van der Waals surface area contributed by atoms with E-state index in [1.54, 1.807) is 58.5 Å². The van der Waals surface area contributed by atoms with Crippen LogP contribution in [0.25, 0.3) is 0 Å². The van der Waals surface area contributed by atoms with E-state index in [4.69, 9.17) is 146 Å². The molecule has 47 heteroatoms. The molecule has 10 heterocycles. The number of rotatable bonds is 18. The van der Waals surface area contributed by atoms with E-state index in [1.807, 2.05) is 69.3 Å². The minimum Gasteiger partial charge on any atom is -0.503 e. The molecule has 3 aliphatic heterocycles. The summed E-state index contributed by atoms with van der Waals surface area (Å²) >= 11 is 46.4. The standard InChI is InChI=1S/C18H22ClN3O3.C15H22ClN3O4.C15H20ClN3O3.C12H10Cl2N2O2.C11H14ClN3O.C10H14ClN3O2.C10H12ClN3O.C6H13NO.ClH/c1-24-14-6-4-13(5-7-14)11-25-15-10-20-17(19)21-16(15)22-18(12-23)8-2-3-9-18;1-14(2,3)23-13(22)19(15(9-20)6-4-5-7-15)11-10(21)8-17-12(16)18-11;1-14(2,3)22-13(20)19-11-10(8-17-12(16)18-11)21-9-15(19)6-4-5-7-15;1-17-9-4-2-8(3-5-9)7-18-10-6-15-12(14)16-11(10)13;1-15-9-8(6-13-10(12)14-9)16-7-11(15)4-2-3-5-11;11-9-12-5-7(16)8(13-9)14-10(6-15)3-1-2-4-10;11-9-12-5-7-8(13-9)14-10(6-15-7)3-1-2-4-10;7-6(5-8)3-1-2-4-6;/h4-7,10,23H,2-3,8-9,11-12H2,1H3,(H,20,21,22);8,20-21H,4-7,9H2,1-3H3;8H,4-7,9H2,1-3H3;2-6H,7H2,1H3;6H,2-5,7H2,1H3;5,15-16H,1-4,6H2,(H,12,13,14);5H,1-4,6H2,(H,12,13,14);8H,1-5,7H2;1H. The molecule has 786 valence electrons. The highest BCUT2D eigenvalue weighted by atomic mass is 35.5. The fourth-order valence-corrected chi connectivity index (χ4v) is 19.8. The maximum absolute atomic E-state index is 12.8. The molecule has 0 atom stereocenters. The van der Waals surface area contributed by atoms with Crippen LogP contribution in [0.2, 0.25) is 42.1 Å². The zero-order valence-corrected chi connectivity index (χ0v) is 89.0. The maximum atomic E-state index is 12.8. The number of amides is 2. The summed E-state index contributed by atoms with van der Waals surface area (Å²) in [6.45, 7) is 13.4. The van der Waals surface area contributed by atoms with Gasteiger partial charge in [-0.2, -0.15) is 29.9 Å². The highest BCUT2D eigenvalue weighted by Crippen LogP contribution is 2.49. The third-order valence-electron chi connectivity index (χ3n) is 26.4. The number of methoxy groups -OCH3 is 2. The molecule has 0 unspecified atom stereocenters. The second-order valence-corrected chi connectivity index (χ2v) is 41.8. The molecular weight excluding hydrogens is 2050 g/mol. The molecule has 2 aromatic carbocycles.